The van der Waals surface area contributed by atoms with E-state index < -0.39 is 0 Å². The van der Waals surface area contributed by atoms with Crippen LogP contribution in [-0.2, 0) is 9.59 Å². The number of nitrogens with zero attached hydrogens (tertiary/aromatic N) is 1. The largest absolute Gasteiger partial charge is 0.277 e. The van der Waals surface area contributed by atoms with Gasteiger partial charge in [-0.15, -0.1) is 22.7 Å². The lowest BCUT2D eigenvalue weighted by Crippen LogP contribution is -2.26. The highest BCUT2D eigenvalue weighted by Crippen LogP contribution is 2.41. The molecule has 0 unspecified atom stereocenters. The van der Waals surface area contributed by atoms with E-state index in [1.807, 2.05) is 39.8 Å². The van der Waals surface area contributed by atoms with Gasteiger partial charge < -0.3 is 0 Å². The summed E-state index contributed by atoms with van der Waals surface area (Å²) in [4.78, 5) is 30.9. The Morgan fingerprint density at radius 3 is 1.41 bits per heavy atom. The second-order valence-corrected chi connectivity index (χ2v) is 8.49. The van der Waals surface area contributed by atoms with E-state index in [0.717, 1.165) is 30.6 Å². The Kier molecular flexibility index (Phi) is 3.57. The van der Waals surface area contributed by atoms with Crippen molar-refractivity contribution >= 4 is 45.6 Å². The van der Waals surface area contributed by atoms with Crippen LogP contribution in [0.15, 0.2) is 12.1 Å². The van der Waals surface area contributed by atoms with Gasteiger partial charge in [-0.2, -0.15) is 0 Å². The van der Waals surface area contributed by atoms with Gasteiger partial charge in [0.1, 0.15) is 0 Å². The van der Waals surface area contributed by atoms with Crippen LogP contribution in [0.4, 0.5) is 0 Å². The number of amides is 2. The molecule has 0 saturated heterocycles. The molecule has 0 aliphatic carbocycles. The van der Waals surface area contributed by atoms with Gasteiger partial charge in [0, 0.05) is 37.7 Å². The number of hydrogen-bond acceptors (Lipinski definition) is 4. The van der Waals surface area contributed by atoms with Crippen LogP contribution in [0.25, 0.3) is 11.1 Å². The minimum Gasteiger partial charge on any atom is -0.277 e. The molecule has 1 aliphatic heterocycles. The highest BCUT2D eigenvalue weighted by atomic mass is 32.1. The Balaban J connectivity index is 2.33. The summed E-state index contributed by atoms with van der Waals surface area (Å²) in [5.41, 5.74) is 2.89. The number of hydrogen-bond donors (Lipinski definition) is 0. The molecule has 0 fully saturated rings. The maximum atomic E-state index is 12.6. The molecule has 0 aromatic carbocycles. The van der Waals surface area contributed by atoms with Crippen LogP contribution in [0.3, 0.4) is 0 Å². The van der Waals surface area contributed by atoms with Gasteiger partial charge in [-0.1, -0.05) is 0 Å². The standard InChI is InChI=1S/C17H17NO2S2/c1-8-6-12(10(3)21-8)14-15(17(20)18(5)16(14)19)13-7-9(2)22-11(13)4/h6-7H,1-5H3. The van der Waals surface area contributed by atoms with Crippen molar-refractivity contribution in [2.24, 2.45) is 0 Å². The third-order valence-electron chi connectivity index (χ3n) is 3.91. The van der Waals surface area contributed by atoms with Gasteiger partial charge in [0.15, 0.2) is 0 Å². The zero-order valence-electron chi connectivity index (χ0n) is 13.2. The van der Waals surface area contributed by atoms with Crippen LogP contribution >= 0.6 is 22.7 Å². The summed E-state index contributed by atoms with van der Waals surface area (Å²) in [7, 11) is 1.56. The highest BCUT2D eigenvalue weighted by Gasteiger charge is 2.39. The van der Waals surface area contributed by atoms with Crippen molar-refractivity contribution in [2.45, 2.75) is 27.7 Å². The Labute approximate surface area is 137 Å². The van der Waals surface area contributed by atoms with E-state index in [9.17, 15) is 9.59 Å². The lowest BCUT2D eigenvalue weighted by Gasteiger charge is -2.06. The lowest BCUT2D eigenvalue weighted by molar-refractivity contribution is -0.134. The molecule has 3 nitrogen and oxygen atoms in total. The van der Waals surface area contributed by atoms with Gasteiger partial charge in [-0.25, -0.2) is 0 Å². The average molecular weight is 331 g/mol. The first kappa shape index (κ1) is 15.2. The molecule has 3 rings (SSSR count). The molecule has 1 aliphatic rings. The molecule has 0 saturated carbocycles. The second kappa shape index (κ2) is 5.18. The van der Waals surface area contributed by atoms with E-state index in [1.54, 1.807) is 29.7 Å². The monoisotopic (exact) mass is 331 g/mol. The molecule has 114 valence electrons. The van der Waals surface area contributed by atoms with Crippen molar-refractivity contribution in [3.8, 4) is 0 Å². The summed E-state index contributed by atoms with van der Waals surface area (Å²) in [5, 5.41) is 0. The molecule has 0 atom stereocenters. The molecule has 0 spiro atoms. The predicted molar refractivity (Wildman–Crippen MR) is 92.2 cm³/mol. The van der Waals surface area contributed by atoms with Gasteiger partial charge in [-0.05, 0) is 39.8 Å². The molecule has 3 heterocycles. The molecule has 0 radical (unpaired) electrons. The number of likely N-dealkylation sites (N-methyl/N-ethyl adjacent to an activating group) is 1. The Bertz CT molecular complexity index is 771. The number of carbonyl (C=O) groups excluding carboxylic acids is 2. The summed E-state index contributed by atoms with van der Waals surface area (Å²) in [6, 6.07) is 4.02. The summed E-state index contributed by atoms with van der Waals surface area (Å²) >= 11 is 3.31. The Morgan fingerprint density at radius 1 is 0.773 bits per heavy atom. The van der Waals surface area contributed by atoms with Crippen LogP contribution in [0.5, 0.6) is 0 Å². The van der Waals surface area contributed by atoms with Crippen molar-refractivity contribution < 1.29 is 9.59 Å². The molecule has 0 N–H and O–H groups in total. The van der Waals surface area contributed by atoms with E-state index in [4.69, 9.17) is 0 Å². The molecule has 2 aromatic rings. The molecular formula is C17H17NO2S2. The summed E-state index contributed by atoms with van der Waals surface area (Å²) in [5.74, 6) is -0.409. The maximum Gasteiger partial charge on any atom is 0.261 e. The van der Waals surface area contributed by atoms with Crippen molar-refractivity contribution in [1.82, 2.24) is 4.90 Å². The van der Waals surface area contributed by atoms with Crippen molar-refractivity contribution in [3.63, 3.8) is 0 Å². The highest BCUT2D eigenvalue weighted by molar-refractivity contribution is 7.12. The Hall–Kier alpha value is -1.72. The zero-order valence-corrected chi connectivity index (χ0v) is 14.9. The molecule has 5 heteroatoms. The molecule has 2 amide bonds. The quantitative estimate of drug-likeness (QED) is 0.781. The smallest absolute Gasteiger partial charge is 0.261 e. The predicted octanol–water partition coefficient (Wildman–Crippen LogP) is 3.95. The normalized spacial score (nSPS) is 15.4. The fourth-order valence-corrected chi connectivity index (χ4v) is 4.76. The first-order chi connectivity index (χ1) is 10.3. The van der Waals surface area contributed by atoms with Crippen molar-refractivity contribution in [2.75, 3.05) is 7.05 Å². The van der Waals surface area contributed by atoms with E-state index in [-0.39, 0.29) is 11.8 Å². The van der Waals surface area contributed by atoms with Crippen molar-refractivity contribution in [3.05, 3.63) is 42.8 Å². The Morgan fingerprint density at radius 2 is 1.14 bits per heavy atom. The topological polar surface area (TPSA) is 37.4 Å². The number of aryl methyl sites for hydroxylation is 4. The number of thiophene rings is 2. The summed E-state index contributed by atoms with van der Waals surface area (Å²) in [6.07, 6.45) is 0. The summed E-state index contributed by atoms with van der Waals surface area (Å²) in [6.45, 7) is 8.04. The van der Waals surface area contributed by atoms with Gasteiger partial charge in [0.2, 0.25) is 0 Å². The average Bonchev–Trinajstić information content (AvgIpc) is 3.01. The van der Waals surface area contributed by atoms with Crippen LogP contribution < -0.4 is 0 Å². The second-order valence-electron chi connectivity index (χ2n) is 5.57. The van der Waals surface area contributed by atoms with Crippen LogP contribution in [0.2, 0.25) is 0 Å². The van der Waals surface area contributed by atoms with Crippen LogP contribution in [-0.4, -0.2) is 23.8 Å². The third kappa shape index (κ3) is 2.16. The number of imide groups is 1. The van der Waals surface area contributed by atoms with Crippen LogP contribution in [0.1, 0.15) is 30.6 Å². The number of carbonyl (C=O) groups is 2. The fraction of sp³-hybridized carbons (Fsp3) is 0.294. The SMILES string of the molecule is Cc1cc(C2=C(c3cc(C)sc3C)C(=O)N(C)C2=O)c(C)s1. The third-order valence-corrected chi connectivity index (χ3v) is 5.84. The van der Waals surface area contributed by atoms with Gasteiger partial charge in [0.25, 0.3) is 11.8 Å². The maximum absolute atomic E-state index is 12.6. The first-order valence-corrected chi connectivity index (χ1v) is 8.66. The molecular weight excluding hydrogens is 314 g/mol. The minimum absolute atomic E-state index is 0.204. The zero-order chi connectivity index (χ0) is 16.2. The molecule has 2 aromatic heterocycles. The first-order valence-electron chi connectivity index (χ1n) is 7.02. The van der Waals surface area contributed by atoms with E-state index in [2.05, 4.69) is 0 Å². The van der Waals surface area contributed by atoms with E-state index >= 15 is 0 Å². The lowest BCUT2D eigenvalue weighted by atomic mass is 9.97. The van der Waals surface area contributed by atoms with Gasteiger partial charge >= 0.3 is 0 Å². The van der Waals surface area contributed by atoms with E-state index in [0.29, 0.717) is 11.1 Å². The minimum atomic E-state index is -0.204. The van der Waals surface area contributed by atoms with Crippen molar-refractivity contribution in [1.29, 1.82) is 0 Å². The summed E-state index contributed by atoms with van der Waals surface area (Å²) < 4.78 is 0. The van der Waals surface area contributed by atoms with Crippen LogP contribution in [0, 0.1) is 27.7 Å². The molecule has 0 bridgehead atoms. The van der Waals surface area contributed by atoms with E-state index in [1.165, 1.54) is 4.90 Å². The molecule has 22 heavy (non-hydrogen) atoms. The number of rotatable bonds is 2. The fourth-order valence-electron chi connectivity index (χ4n) is 2.90. The van der Waals surface area contributed by atoms with Gasteiger partial charge in [-0.3, -0.25) is 14.5 Å². The van der Waals surface area contributed by atoms with Gasteiger partial charge in [0.05, 0.1) is 11.1 Å².